The third-order valence-corrected chi connectivity index (χ3v) is 4.83. The Morgan fingerprint density at radius 2 is 2.44 bits per heavy atom. The van der Waals surface area contributed by atoms with Crippen molar-refractivity contribution in [3.05, 3.63) is 47.6 Å². The Morgan fingerprint density at radius 3 is 3.20 bits per heavy atom. The van der Waals surface area contributed by atoms with Gasteiger partial charge in [-0.05, 0) is 25.0 Å². The number of aryl methyl sites for hydroxylation is 1. The average molecular weight is 343 g/mol. The van der Waals surface area contributed by atoms with E-state index in [-0.39, 0.29) is 17.6 Å². The van der Waals surface area contributed by atoms with Crippen LogP contribution in [-0.2, 0) is 16.1 Å². The number of carbonyl (C=O) groups excluding carboxylic acids is 1. The molecule has 2 aliphatic heterocycles. The van der Waals surface area contributed by atoms with E-state index in [1.165, 1.54) is 0 Å². The molecular formula is C18H21N3O4. The maximum atomic E-state index is 12.5. The molecule has 7 heteroatoms. The monoisotopic (exact) mass is 343 g/mol. The minimum absolute atomic E-state index is 0.0459. The molecule has 7 nitrogen and oxygen atoms in total. The van der Waals surface area contributed by atoms with Gasteiger partial charge < -0.3 is 18.9 Å². The highest BCUT2D eigenvalue weighted by Gasteiger charge is 2.47. The minimum atomic E-state index is -0.298. The molecule has 0 bridgehead atoms. The van der Waals surface area contributed by atoms with Gasteiger partial charge in [-0.3, -0.25) is 9.78 Å². The summed E-state index contributed by atoms with van der Waals surface area (Å²) in [5.74, 6) is 0.537. The molecule has 25 heavy (non-hydrogen) atoms. The van der Waals surface area contributed by atoms with Gasteiger partial charge in [-0.15, -0.1) is 0 Å². The Balaban J connectivity index is 1.32. The van der Waals surface area contributed by atoms with Gasteiger partial charge in [0, 0.05) is 31.4 Å². The molecule has 0 saturated carbocycles. The number of hydrogen-bond acceptors (Lipinski definition) is 6. The van der Waals surface area contributed by atoms with Gasteiger partial charge in [0.25, 0.3) is 5.91 Å². The molecule has 4 rings (SSSR count). The lowest BCUT2D eigenvalue weighted by atomic mass is 9.98. The molecule has 2 atom stereocenters. The average Bonchev–Trinajstić information content (AvgIpc) is 3.35. The maximum Gasteiger partial charge on any atom is 0.276 e. The fourth-order valence-corrected chi connectivity index (χ4v) is 3.54. The van der Waals surface area contributed by atoms with Gasteiger partial charge in [0.2, 0.25) is 0 Å². The SMILES string of the molecule is Cc1cc(C(=O)N2CC[C@]3(C[C@@H](OCc4cccnc4)CO3)C2)no1. The van der Waals surface area contributed by atoms with Crippen LogP contribution in [-0.4, -0.2) is 52.3 Å². The summed E-state index contributed by atoms with van der Waals surface area (Å²) in [7, 11) is 0. The van der Waals surface area contributed by atoms with E-state index in [0.717, 1.165) is 18.4 Å². The lowest BCUT2D eigenvalue weighted by molar-refractivity contribution is 0.000194. The van der Waals surface area contributed by atoms with Crippen LogP contribution in [0.15, 0.2) is 35.1 Å². The molecule has 0 radical (unpaired) electrons. The first kappa shape index (κ1) is 16.2. The molecule has 2 aliphatic rings. The topological polar surface area (TPSA) is 77.7 Å². The van der Waals surface area contributed by atoms with Crippen molar-refractivity contribution in [1.29, 1.82) is 0 Å². The molecule has 1 spiro atoms. The Bertz CT molecular complexity index is 748. The fourth-order valence-electron chi connectivity index (χ4n) is 3.54. The summed E-state index contributed by atoms with van der Waals surface area (Å²) < 4.78 is 17.0. The predicted octanol–water partition coefficient (Wildman–Crippen LogP) is 1.97. The summed E-state index contributed by atoms with van der Waals surface area (Å²) in [5, 5.41) is 3.82. The van der Waals surface area contributed by atoms with Crippen molar-refractivity contribution < 1.29 is 18.8 Å². The van der Waals surface area contributed by atoms with Gasteiger partial charge in [-0.25, -0.2) is 0 Å². The quantitative estimate of drug-likeness (QED) is 0.845. The molecule has 132 valence electrons. The summed E-state index contributed by atoms with van der Waals surface area (Å²) in [4.78, 5) is 18.4. The minimum Gasteiger partial charge on any atom is -0.371 e. The van der Waals surface area contributed by atoms with E-state index in [1.54, 1.807) is 30.3 Å². The first-order valence-electron chi connectivity index (χ1n) is 8.51. The summed E-state index contributed by atoms with van der Waals surface area (Å²) in [6.45, 7) is 4.11. The molecule has 2 fully saturated rings. The van der Waals surface area contributed by atoms with Gasteiger partial charge in [0.15, 0.2) is 5.69 Å². The number of carbonyl (C=O) groups is 1. The first-order valence-corrected chi connectivity index (χ1v) is 8.51. The van der Waals surface area contributed by atoms with Crippen molar-refractivity contribution in [2.24, 2.45) is 0 Å². The van der Waals surface area contributed by atoms with Crippen molar-refractivity contribution in [3.63, 3.8) is 0 Å². The molecule has 0 unspecified atom stereocenters. The highest BCUT2D eigenvalue weighted by molar-refractivity contribution is 5.92. The maximum absolute atomic E-state index is 12.5. The van der Waals surface area contributed by atoms with Crippen LogP contribution < -0.4 is 0 Å². The molecule has 2 aromatic rings. The van der Waals surface area contributed by atoms with E-state index in [4.69, 9.17) is 14.0 Å². The smallest absolute Gasteiger partial charge is 0.276 e. The Hall–Kier alpha value is -2.25. The van der Waals surface area contributed by atoms with Crippen LogP contribution in [0.5, 0.6) is 0 Å². The van der Waals surface area contributed by atoms with E-state index < -0.39 is 0 Å². The van der Waals surface area contributed by atoms with Gasteiger partial charge in [-0.1, -0.05) is 11.2 Å². The molecule has 2 saturated heterocycles. The summed E-state index contributed by atoms with van der Waals surface area (Å²) in [6, 6.07) is 5.56. The van der Waals surface area contributed by atoms with E-state index in [9.17, 15) is 4.79 Å². The van der Waals surface area contributed by atoms with Gasteiger partial charge >= 0.3 is 0 Å². The number of rotatable bonds is 4. The van der Waals surface area contributed by atoms with Crippen molar-refractivity contribution in [2.45, 2.75) is 38.1 Å². The predicted molar refractivity (Wildman–Crippen MR) is 87.9 cm³/mol. The Morgan fingerprint density at radius 1 is 1.52 bits per heavy atom. The van der Waals surface area contributed by atoms with Crippen LogP contribution in [0.1, 0.15) is 34.7 Å². The van der Waals surface area contributed by atoms with Crippen LogP contribution >= 0.6 is 0 Å². The number of nitrogens with zero attached hydrogens (tertiary/aromatic N) is 3. The second kappa shape index (κ2) is 6.57. The van der Waals surface area contributed by atoms with E-state index >= 15 is 0 Å². The number of aromatic nitrogens is 2. The zero-order chi connectivity index (χ0) is 17.3. The molecule has 0 N–H and O–H groups in total. The molecule has 0 aromatic carbocycles. The summed E-state index contributed by atoms with van der Waals surface area (Å²) >= 11 is 0. The van der Waals surface area contributed by atoms with Crippen LogP contribution in [0.4, 0.5) is 0 Å². The van der Waals surface area contributed by atoms with Gasteiger partial charge in [-0.2, -0.15) is 0 Å². The van der Waals surface area contributed by atoms with Crippen molar-refractivity contribution in [1.82, 2.24) is 15.0 Å². The lowest BCUT2D eigenvalue weighted by Gasteiger charge is -2.22. The van der Waals surface area contributed by atoms with Gasteiger partial charge in [0.1, 0.15) is 5.76 Å². The Kier molecular flexibility index (Phi) is 4.27. The van der Waals surface area contributed by atoms with Crippen LogP contribution in [0.2, 0.25) is 0 Å². The largest absolute Gasteiger partial charge is 0.371 e. The van der Waals surface area contributed by atoms with Crippen molar-refractivity contribution >= 4 is 5.91 Å². The summed E-state index contributed by atoms with van der Waals surface area (Å²) in [5.41, 5.74) is 1.11. The standard InChI is InChI=1S/C18H21N3O4/c1-13-7-16(20-25-13)17(22)21-6-4-18(12-21)8-15(11-24-18)23-10-14-3-2-5-19-9-14/h2-3,5,7,9,15H,4,6,8,10-12H2,1H3/t15-,18+/m1/s1. The van der Waals surface area contributed by atoms with E-state index in [2.05, 4.69) is 10.1 Å². The fraction of sp³-hybridized carbons (Fsp3) is 0.500. The summed E-state index contributed by atoms with van der Waals surface area (Å²) in [6.07, 6.45) is 5.22. The third kappa shape index (κ3) is 3.43. The van der Waals surface area contributed by atoms with Crippen LogP contribution in [0.3, 0.4) is 0 Å². The molecule has 0 aliphatic carbocycles. The normalized spacial score (nSPS) is 25.8. The molecular weight excluding hydrogens is 322 g/mol. The van der Waals surface area contributed by atoms with Crippen molar-refractivity contribution in [3.8, 4) is 0 Å². The highest BCUT2D eigenvalue weighted by Crippen LogP contribution is 2.36. The lowest BCUT2D eigenvalue weighted by Crippen LogP contribution is -2.36. The number of hydrogen-bond donors (Lipinski definition) is 0. The second-order valence-electron chi connectivity index (χ2n) is 6.79. The third-order valence-electron chi connectivity index (χ3n) is 4.83. The molecule has 4 heterocycles. The van der Waals surface area contributed by atoms with E-state index in [1.807, 2.05) is 12.1 Å². The number of amides is 1. The Labute approximate surface area is 145 Å². The van der Waals surface area contributed by atoms with Crippen molar-refractivity contribution in [2.75, 3.05) is 19.7 Å². The van der Waals surface area contributed by atoms with E-state index in [0.29, 0.717) is 37.8 Å². The zero-order valence-electron chi connectivity index (χ0n) is 14.2. The van der Waals surface area contributed by atoms with Crippen LogP contribution in [0, 0.1) is 6.92 Å². The highest BCUT2D eigenvalue weighted by atomic mass is 16.6. The number of likely N-dealkylation sites (tertiary alicyclic amines) is 1. The number of ether oxygens (including phenoxy) is 2. The molecule has 1 amide bonds. The first-order chi connectivity index (χ1) is 12.1. The molecule has 2 aromatic heterocycles. The van der Waals surface area contributed by atoms with Crippen LogP contribution in [0.25, 0.3) is 0 Å². The number of pyridine rings is 1. The van der Waals surface area contributed by atoms with Gasteiger partial charge in [0.05, 0.1) is 31.5 Å². The zero-order valence-corrected chi connectivity index (χ0v) is 14.2. The second-order valence-corrected chi connectivity index (χ2v) is 6.79.